The summed E-state index contributed by atoms with van der Waals surface area (Å²) >= 11 is 3.31. The number of amides is 2. The molecule has 1 unspecified atom stereocenters. The largest absolute Gasteiger partial charge is 0.480 e. The number of methoxy groups -OCH3 is 1. The van der Waals surface area contributed by atoms with Gasteiger partial charge in [-0.25, -0.2) is 24.7 Å². The van der Waals surface area contributed by atoms with Crippen molar-refractivity contribution in [1.82, 2.24) is 24.8 Å². The third kappa shape index (κ3) is 6.04. The van der Waals surface area contributed by atoms with Crippen molar-refractivity contribution < 1.29 is 14.3 Å². The van der Waals surface area contributed by atoms with E-state index in [4.69, 9.17) is 9.47 Å². The Morgan fingerprint density at radius 3 is 2.70 bits per heavy atom. The van der Waals surface area contributed by atoms with Gasteiger partial charge < -0.3 is 14.4 Å². The van der Waals surface area contributed by atoms with Crippen LogP contribution in [0.4, 0.5) is 10.6 Å². The zero-order valence-electron chi connectivity index (χ0n) is 18.2. The summed E-state index contributed by atoms with van der Waals surface area (Å²) in [6.45, 7) is 3.35. The van der Waals surface area contributed by atoms with Crippen molar-refractivity contribution in [2.45, 2.75) is 13.3 Å². The van der Waals surface area contributed by atoms with Crippen molar-refractivity contribution >= 4 is 33.9 Å². The number of halogens is 1. The summed E-state index contributed by atoms with van der Waals surface area (Å²) < 4.78 is 11.5. The standard InChI is InChI=1S/C23H23BrN6O3/c1-15-14-30(23(31)29-20-12-26-21(32-2)13-25-20)7-6-17(15)8-16-4-3-5-19(9-16)33-22-27-10-18(24)11-28-22/h3-5,8-13,15H,6-7,14H2,1-2H3,(H,25,29,31)/b17-8+. The quantitative estimate of drug-likeness (QED) is 0.526. The molecule has 0 aliphatic carbocycles. The van der Waals surface area contributed by atoms with Gasteiger partial charge in [0, 0.05) is 25.5 Å². The van der Waals surface area contributed by atoms with Crippen LogP contribution in [0.1, 0.15) is 18.9 Å². The molecular formula is C23H23BrN6O3. The number of carbonyl (C=O) groups is 1. The van der Waals surface area contributed by atoms with E-state index >= 15 is 0 Å². The highest BCUT2D eigenvalue weighted by molar-refractivity contribution is 9.10. The van der Waals surface area contributed by atoms with Crippen LogP contribution in [-0.2, 0) is 0 Å². The minimum absolute atomic E-state index is 0.190. The number of hydrogen-bond acceptors (Lipinski definition) is 7. The Hall–Kier alpha value is -3.53. The molecule has 2 amide bonds. The van der Waals surface area contributed by atoms with Gasteiger partial charge in [0.05, 0.1) is 24.0 Å². The molecule has 3 aromatic rings. The van der Waals surface area contributed by atoms with Crippen LogP contribution in [0.5, 0.6) is 17.6 Å². The molecule has 3 heterocycles. The van der Waals surface area contributed by atoms with Crippen LogP contribution >= 0.6 is 15.9 Å². The van der Waals surface area contributed by atoms with Crippen molar-refractivity contribution in [2.75, 3.05) is 25.5 Å². The molecule has 1 N–H and O–H groups in total. The van der Waals surface area contributed by atoms with Gasteiger partial charge in [0.2, 0.25) is 5.88 Å². The zero-order chi connectivity index (χ0) is 23.2. The predicted octanol–water partition coefficient (Wildman–Crippen LogP) is 4.79. The molecule has 0 bridgehead atoms. The van der Waals surface area contributed by atoms with Gasteiger partial charge in [-0.1, -0.05) is 30.7 Å². The second-order valence-electron chi connectivity index (χ2n) is 7.55. The van der Waals surface area contributed by atoms with Gasteiger partial charge in [0.15, 0.2) is 5.82 Å². The second-order valence-corrected chi connectivity index (χ2v) is 8.46. The fourth-order valence-electron chi connectivity index (χ4n) is 3.46. The highest BCUT2D eigenvalue weighted by Gasteiger charge is 2.24. The smallest absolute Gasteiger partial charge is 0.323 e. The van der Waals surface area contributed by atoms with E-state index in [1.807, 2.05) is 24.3 Å². The van der Waals surface area contributed by atoms with E-state index < -0.39 is 0 Å². The average Bonchev–Trinajstić information content (AvgIpc) is 2.82. The summed E-state index contributed by atoms with van der Waals surface area (Å²) in [5.41, 5.74) is 2.30. The lowest BCUT2D eigenvalue weighted by molar-refractivity contribution is 0.197. The van der Waals surface area contributed by atoms with Gasteiger partial charge in [-0.2, -0.15) is 0 Å². The van der Waals surface area contributed by atoms with Crippen LogP contribution in [0.2, 0.25) is 0 Å². The number of likely N-dealkylation sites (tertiary alicyclic amines) is 1. The zero-order valence-corrected chi connectivity index (χ0v) is 19.8. The Morgan fingerprint density at radius 2 is 2.00 bits per heavy atom. The number of carbonyl (C=O) groups excluding carboxylic acids is 1. The van der Waals surface area contributed by atoms with Crippen molar-refractivity contribution in [2.24, 2.45) is 5.92 Å². The number of benzene rings is 1. The molecule has 9 nitrogen and oxygen atoms in total. The van der Waals surface area contributed by atoms with Crippen LogP contribution in [-0.4, -0.2) is 51.1 Å². The molecule has 1 atom stereocenters. The molecule has 2 aromatic heterocycles. The third-order valence-electron chi connectivity index (χ3n) is 5.17. The SMILES string of the molecule is COc1cnc(NC(=O)N2CC/C(=C\c3cccc(Oc4ncc(Br)cn4)c3)C(C)C2)cn1. The number of urea groups is 1. The van der Waals surface area contributed by atoms with Crippen LogP contribution in [0.15, 0.2) is 59.1 Å². The van der Waals surface area contributed by atoms with E-state index in [0.717, 1.165) is 16.5 Å². The second kappa shape index (κ2) is 10.4. The lowest BCUT2D eigenvalue weighted by Crippen LogP contribution is -2.42. The molecular weight excluding hydrogens is 488 g/mol. The minimum atomic E-state index is -0.190. The van der Waals surface area contributed by atoms with Gasteiger partial charge in [-0.3, -0.25) is 5.32 Å². The first-order valence-electron chi connectivity index (χ1n) is 10.4. The maximum Gasteiger partial charge on any atom is 0.323 e. The summed E-state index contributed by atoms with van der Waals surface area (Å²) in [6, 6.07) is 7.88. The molecule has 10 heteroatoms. The first-order valence-corrected chi connectivity index (χ1v) is 11.2. The monoisotopic (exact) mass is 510 g/mol. The first kappa shape index (κ1) is 22.7. The molecule has 33 heavy (non-hydrogen) atoms. The van der Waals surface area contributed by atoms with Crippen LogP contribution < -0.4 is 14.8 Å². The summed E-state index contributed by atoms with van der Waals surface area (Å²) in [5.74, 6) is 1.66. The molecule has 0 spiro atoms. The van der Waals surface area contributed by atoms with Crippen molar-refractivity contribution in [3.8, 4) is 17.6 Å². The first-order chi connectivity index (χ1) is 16.0. The minimum Gasteiger partial charge on any atom is -0.480 e. The van der Waals surface area contributed by atoms with Gasteiger partial charge in [0.1, 0.15) is 5.75 Å². The van der Waals surface area contributed by atoms with Gasteiger partial charge in [-0.15, -0.1) is 0 Å². The molecule has 1 aromatic carbocycles. The molecule has 0 radical (unpaired) electrons. The molecule has 1 aliphatic rings. The van der Waals surface area contributed by atoms with Gasteiger partial charge in [-0.05, 0) is 46.0 Å². The van der Waals surface area contributed by atoms with Crippen molar-refractivity contribution in [3.05, 3.63) is 64.7 Å². The number of anilines is 1. The van der Waals surface area contributed by atoms with Crippen molar-refractivity contribution in [1.29, 1.82) is 0 Å². The average molecular weight is 511 g/mol. The third-order valence-corrected chi connectivity index (χ3v) is 5.58. The number of nitrogens with one attached hydrogen (secondary N) is 1. The van der Waals surface area contributed by atoms with E-state index in [9.17, 15) is 4.79 Å². The lowest BCUT2D eigenvalue weighted by atomic mass is 9.91. The topological polar surface area (TPSA) is 102 Å². The fraction of sp³-hybridized carbons (Fsp3) is 0.261. The number of ether oxygens (including phenoxy) is 2. The maximum atomic E-state index is 12.6. The molecule has 0 saturated carbocycles. The van der Waals surface area contributed by atoms with Crippen LogP contribution in [0.25, 0.3) is 6.08 Å². The predicted molar refractivity (Wildman–Crippen MR) is 127 cm³/mol. The summed E-state index contributed by atoms with van der Waals surface area (Å²) in [4.78, 5) is 30.9. The molecule has 1 aliphatic heterocycles. The fourth-order valence-corrected chi connectivity index (χ4v) is 3.67. The normalized spacial score (nSPS) is 17.0. The highest BCUT2D eigenvalue weighted by atomic mass is 79.9. The van der Waals surface area contributed by atoms with Gasteiger partial charge in [0.25, 0.3) is 0 Å². The Bertz CT molecular complexity index is 1140. The Morgan fingerprint density at radius 1 is 1.18 bits per heavy atom. The van der Waals surface area contributed by atoms with Gasteiger partial charge >= 0.3 is 12.0 Å². The van der Waals surface area contributed by atoms with Crippen molar-refractivity contribution in [3.63, 3.8) is 0 Å². The summed E-state index contributed by atoms with van der Waals surface area (Å²) in [5, 5.41) is 2.79. The van der Waals surface area contributed by atoms with E-state index in [-0.39, 0.29) is 18.0 Å². The molecule has 4 rings (SSSR count). The Kier molecular flexibility index (Phi) is 7.13. The van der Waals surface area contributed by atoms with Crippen LogP contribution in [0, 0.1) is 5.92 Å². The summed E-state index contributed by atoms with van der Waals surface area (Å²) in [7, 11) is 1.52. The Balaban J connectivity index is 1.37. The molecule has 170 valence electrons. The number of rotatable bonds is 5. The molecule has 1 fully saturated rings. The summed E-state index contributed by atoms with van der Waals surface area (Å²) in [6.07, 6.45) is 9.16. The number of nitrogens with zero attached hydrogens (tertiary/aromatic N) is 5. The highest BCUT2D eigenvalue weighted by Crippen LogP contribution is 2.27. The van der Waals surface area contributed by atoms with E-state index in [0.29, 0.717) is 30.5 Å². The Labute approximate surface area is 200 Å². The lowest BCUT2D eigenvalue weighted by Gasteiger charge is -2.33. The maximum absolute atomic E-state index is 12.6. The van der Waals surface area contributed by atoms with E-state index in [1.54, 1.807) is 17.3 Å². The number of aromatic nitrogens is 4. The van der Waals surface area contributed by atoms with E-state index in [1.165, 1.54) is 25.1 Å². The number of piperidine rings is 1. The molecule has 1 saturated heterocycles. The van der Waals surface area contributed by atoms with Crippen LogP contribution in [0.3, 0.4) is 0 Å². The number of hydrogen-bond donors (Lipinski definition) is 1. The van der Waals surface area contributed by atoms with E-state index in [2.05, 4.69) is 54.2 Å².